The highest BCUT2D eigenvalue weighted by atomic mass is 79.9. The van der Waals surface area contributed by atoms with Crippen LogP contribution in [0.3, 0.4) is 0 Å². The summed E-state index contributed by atoms with van der Waals surface area (Å²) >= 11 is 3.33. The van der Waals surface area contributed by atoms with E-state index in [9.17, 15) is 15.0 Å². The molecule has 0 saturated heterocycles. The first-order valence-corrected chi connectivity index (χ1v) is 5.67. The minimum absolute atomic E-state index is 0.272. The molecule has 0 aromatic heterocycles. The molecule has 5 heteroatoms. The van der Waals surface area contributed by atoms with E-state index in [0.717, 1.165) is 10.0 Å². The second-order valence-corrected chi connectivity index (χ2v) is 4.94. The molecule has 0 radical (unpaired) electrons. The number of carbonyl (C=O) groups excluding carboxylic acids is 1. The number of hydrogen-bond donors (Lipinski definition) is 2. The van der Waals surface area contributed by atoms with Gasteiger partial charge in [-0.2, -0.15) is 0 Å². The van der Waals surface area contributed by atoms with Gasteiger partial charge in [0.2, 0.25) is 5.91 Å². The van der Waals surface area contributed by atoms with E-state index in [1.165, 1.54) is 4.90 Å². The van der Waals surface area contributed by atoms with Gasteiger partial charge in [-0.1, -0.05) is 15.9 Å². The van der Waals surface area contributed by atoms with E-state index in [4.69, 9.17) is 0 Å². The third-order valence-corrected chi connectivity index (χ3v) is 3.51. The van der Waals surface area contributed by atoms with Crippen molar-refractivity contribution in [2.24, 2.45) is 0 Å². The van der Waals surface area contributed by atoms with Gasteiger partial charge in [-0.15, -0.1) is 0 Å². The number of halogens is 1. The van der Waals surface area contributed by atoms with Crippen molar-refractivity contribution < 1.29 is 15.0 Å². The van der Waals surface area contributed by atoms with E-state index in [0.29, 0.717) is 5.69 Å². The largest absolute Gasteiger partial charge is 0.395 e. The number of nitrogens with zero attached hydrogens (tertiary/aromatic N) is 1. The summed E-state index contributed by atoms with van der Waals surface area (Å²) in [5.74, 6) is -0.273. The molecule has 1 aromatic rings. The molecule has 0 fully saturated rings. The molecule has 2 rings (SSSR count). The van der Waals surface area contributed by atoms with Gasteiger partial charge in [-0.3, -0.25) is 9.69 Å². The van der Waals surface area contributed by atoms with Crippen LogP contribution in [0.4, 0.5) is 5.69 Å². The van der Waals surface area contributed by atoms with Crippen LogP contribution in [-0.4, -0.2) is 29.5 Å². The van der Waals surface area contributed by atoms with Crippen molar-refractivity contribution in [3.8, 4) is 0 Å². The zero-order valence-electron chi connectivity index (χ0n) is 8.77. The summed E-state index contributed by atoms with van der Waals surface area (Å²) in [5, 5.41) is 18.6. The molecule has 0 bridgehead atoms. The summed E-state index contributed by atoms with van der Waals surface area (Å²) < 4.78 is 0.846. The van der Waals surface area contributed by atoms with E-state index < -0.39 is 5.41 Å². The number of fused-ring (bicyclic) bond motifs is 1. The maximum atomic E-state index is 12.0. The van der Waals surface area contributed by atoms with Crippen molar-refractivity contribution >= 4 is 27.5 Å². The van der Waals surface area contributed by atoms with E-state index in [2.05, 4.69) is 15.9 Å². The second-order valence-electron chi connectivity index (χ2n) is 4.03. The van der Waals surface area contributed by atoms with Crippen molar-refractivity contribution in [1.82, 2.24) is 0 Å². The van der Waals surface area contributed by atoms with Crippen LogP contribution in [0.5, 0.6) is 0 Å². The molecule has 1 amide bonds. The third-order valence-electron chi connectivity index (χ3n) is 3.02. The zero-order chi connectivity index (χ0) is 11.9. The maximum absolute atomic E-state index is 12.0. The first-order valence-electron chi connectivity index (χ1n) is 4.88. The smallest absolute Gasteiger partial charge is 0.241 e. The minimum Gasteiger partial charge on any atom is -0.395 e. The van der Waals surface area contributed by atoms with Crippen LogP contribution >= 0.6 is 15.9 Å². The Bertz CT molecular complexity index is 449. The summed E-state index contributed by atoms with van der Waals surface area (Å²) in [5.41, 5.74) is 0.442. The van der Waals surface area contributed by atoms with Crippen LogP contribution in [0.25, 0.3) is 0 Å². The van der Waals surface area contributed by atoms with Gasteiger partial charge in [-0.05, 0) is 30.7 Å². The number of anilines is 1. The normalized spacial score (nSPS) is 23.8. The molecule has 1 aliphatic heterocycles. The maximum Gasteiger partial charge on any atom is 0.241 e. The summed E-state index contributed by atoms with van der Waals surface area (Å²) in [6, 6.07) is 5.37. The Morgan fingerprint density at radius 3 is 2.69 bits per heavy atom. The number of hydrogen-bond acceptors (Lipinski definition) is 3. The Labute approximate surface area is 102 Å². The van der Waals surface area contributed by atoms with Gasteiger partial charge >= 0.3 is 0 Å². The Morgan fingerprint density at radius 2 is 2.12 bits per heavy atom. The van der Waals surface area contributed by atoms with Crippen molar-refractivity contribution in [2.75, 3.05) is 18.2 Å². The molecule has 0 saturated carbocycles. The first-order chi connectivity index (χ1) is 7.54. The highest BCUT2D eigenvalue weighted by Gasteiger charge is 2.46. The van der Waals surface area contributed by atoms with Crippen LogP contribution in [0.1, 0.15) is 12.5 Å². The average molecular weight is 286 g/mol. The lowest BCUT2D eigenvalue weighted by Gasteiger charge is -2.20. The Balaban J connectivity index is 2.65. The number of aliphatic hydroxyl groups excluding tert-OH is 2. The number of amides is 1. The van der Waals surface area contributed by atoms with Gasteiger partial charge in [0.1, 0.15) is 6.73 Å². The van der Waals surface area contributed by atoms with E-state index in [1.807, 2.05) is 0 Å². The molecule has 1 heterocycles. The molecule has 16 heavy (non-hydrogen) atoms. The first kappa shape index (κ1) is 11.6. The monoisotopic (exact) mass is 285 g/mol. The van der Waals surface area contributed by atoms with Gasteiger partial charge in [0.15, 0.2) is 0 Å². The lowest BCUT2D eigenvalue weighted by Crippen LogP contribution is -2.41. The predicted molar refractivity (Wildman–Crippen MR) is 63.2 cm³/mol. The number of carbonyl (C=O) groups is 1. The molecular weight excluding hydrogens is 274 g/mol. The van der Waals surface area contributed by atoms with Crippen LogP contribution in [-0.2, 0) is 10.2 Å². The summed E-state index contributed by atoms with van der Waals surface area (Å²) in [4.78, 5) is 13.3. The molecule has 2 N–H and O–H groups in total. The molecule has 0 aliphatic carbocycles. The standard InChI is InChI=1S/C11H12BrNO3/c1-11(5-14)8-4-7(12)2-3-9(8)13(6-15)10(11)16/h2-4,14-15H,5-6H2,1H3/t11-/m1/s1. The van der Waals surface area contributed by atoms with Crippen LogP contribution in [0, 0.1) is 0 Å². The molecule has 1 aromatic carbocycles. The fourth-order valence-corrected chi connectivity index (χ4v) is 2.36. The Morgan fingerprint density at radius 1 is 1.44 bits per heavy atom. The lowest BCUT2D eigenvalue weighted by atomic mass is 9.85. The van der Waals surface area contributed by atoms with Gasteiger partial charge in [-0.25, -0.2) is 0 Å². The topological polar surface area (TPSA) is 60.8 Å². The fourth-order valence-electron chi connectivity index (χ4n) is 2.00. The fraction of sp³-hybridized carbons (Fsp3) is 0.364. The quantitative estimate of drug-likeness (QED) is 0.852. The van der Waals surface area contributed by atoms with Gasteiger partial charge < -0.3 is 10.2 Å². The van der Waals surface area contributed by atoms with Crippen molar-refractivity contribution in [3.63, 3.8) is 0 Å². The second kappa shape index (κ2) is 3.84. The molecular formula is C11H12BrNO3. The number of rotatable bonds is 2. The van der Waals surface area contributed by atoms with E-state index in [-0.39, 0.29) is 19.2 Å². The Hall–Kier alpha value is -0.910. The summed E-state index contributed by atoms with van der Waals surface area (Å²) in [6.45, 7) is 1.03. The van der Waals surface area contributed by atoms with Gasteiger partial charge in [0.05, 0.1) is 17.7 Å². The van der Waals surface area contributed by atoms with Crippen molar-refractivity contribution in [2.45, 2.75) is 12.3 Å². The van der Waals surface area contributed by atoms with Crippen molar-refractivity contribution in [3.05, 3.63) is 28.2 Å². The molecule has 1 aliphatic rings. The van der Waals surface area contributed by atoms with E-state index in [1.54, 1.807) is 25.1 Å². The molecule has 0 unspecified atom stereocenters. The lowest BCUT2D eigenvalue weighted by molar-refractivity contribution is -0.124. The highest BCUT2D eigenvalue weighted by molar-refractivity contribution is 9.10. The summed E-state index contributed by atoms with van der Waals surface area (Å²) in [6.07, 6.45) is 0. The molecule has 4 nitrogen and oxygen atoms in total. The van der Waals surface area contributed by atoms with Crippen molar-refractivity contribution in [1.29, 1.82) is 0 Å². The SMILES string of the molecule is C[C@]1(CO)C(=O)N(CO)c2ccc(Br)cc21. The predicted octanol–water partition coefficient (Wildman–Crippen LogP) is 0.995. The average Bonchev–Trinajstić information content (AvgIpc) is 2.50. The van der Waals surface area contributed by atoms with Crippen LogP contribution in [0.15, 0.2) is 22.7 Å². The molecule has 1 atom stereocenters. The van der Waals surface area contributed by atoms with E-state index >= 15 is 0 Å². The third kappa shape index (κ3) is 1.39. The molecule has 86 valence electrons. The van der Waals surface area contributed by atoms with Gasteiger partial charge in [0.25, 0.3) is 0 Å². The summed E-state index contributed by atoms with van der Waals surface area (Å²) in [7, 11) is 0. The van der Waals surface area contributed by atoms with Gasteiger partial charge in [0, 0.05) is 4.47 Å². The minimum atomic E-state index is -0.957. The highest BCUT2D eigenvalue weighted by Crippen LogP contribution is 2.42. The zero-order valence-corrected chi connectivity index (χ0v) is 10.4. The Kier molecular flexibility index (Phi) is 2.77. The number of benzene rings is 1. The molecule has 0 spiro atoms. The van der Waals surface area contributed by atoms with Crippen LogP contribution < -0.4 is 4.90 Å². The van der Waals surface area contributed by atoms with Crippen LogP contribution in [0.2, 0.25) is 0 Å². The number of aliphatic hydroxyl groups is 2.